The molecule has 1 rings (SSSR count). The number of aliphatic hydroxyl groups is 1. The second-order valence-corrected chi connectivity index (χ2v) is 4.73. The summed E-state index contributed by atoms with van der Waals surface area (Å²) >= 11 is 0. The van der Waals surface area contributed by atoms with Gasteiger partial charge in [0.25, 0.3) is 0 Å². The maximum Gasteiger partial charge on any atom is 0.573 e. The van der Waals surface area contributed by atoms with Gasteiger partial charge >= 0.3 is 12.4 Å². The number of nitrogens with one attached hydrogen (secondary N) is 2. The molecule has 1 unspecified atom stereocenters. The fraction of sp³-hybridized carbons (Fsp3) is 0.462. The van der Waals surface area contributed by atoms with Crippen LogP contribution in [-0.4, -0.2) is 29.6 Å². The number of halogens is 3. The number of carbonyl (C=O) groups excluding carboxylic acids is 1. The summed E-state index contributed by atoms with van der Waals surface area (Å²) in [7, 11) is 0. The highest BCUT2D eigenvalue weighted by Gasteiger charge is 2.30. The van der Waals surface area contributed by atoms with E-state index >= 15 is 0 Å². The third kappa shape index (κ3) is 6.84. The number of urea groups is 1. The minimum absolute atomic E-state index is 0.0601. The summed E-state index contributed by atoms with van der Waals surface area (Å²) in [4.78, 5) is 11.5. The number of rotatable bonds is 5. The van der Waals surface area contributed by atoms with E-state index in [0.29, 0.717) is 12.1 Å². The Balaban J connectivity index is 2.50. The van der Waals surface area contributed by atoms with Gasteiger partial charge in [0.2, 0.25) is 0 Å². The van der Waals surface area contributed by atoms with Crippen molar-refractivity contribution in [1.29, 1.82) is 0 Å². The fourth-order valence-electron chi connectivity index (χ4n) is 1.31. The standard InChI is InChI=1S/C13H17F3N2O3/c1-3-12(2,20)8-17-11(19)18-9-4-6-10(7-5-9)21-13(14,15)16/h4-7,20H,3,8H2,1-2H3,(H2,17,18,19). The molecule has 8 heteroatoms. The molecule has 0 bridgehead atoms. The number of hydrogen-bond donors (Lipinski definition) is 3. The number of hydrogen-bond acceptors (Lipinski definition) is 3. The van der Waals surface area contributed by atoms with Crippen LogP contribution < -0.4 is 15.4 Å². The molecule has 0 radical (unpaired) electrons. The van der Waals surface area contributed by atoms with Crippen molar-refractivity contribution in [2.45, 2.75) is 32.2 Å². The minimum Gasteiger partial charge on any atom is -0.406 e. The van der Waals surface area contributed by atoms with E-state index in [-0.39, 0.29) is 12.3 Å². The second-order valence-electron chi connectivity index (χ2n) is 4.73. The van der Waals surface area contributed by atoms with Gasteiger partial charge in [-0.15, -0.1) is 13.2 Å². The molecule has 0 aromatic heterocycles. The molecule has 3 N–H and O–H groups in total. The van der Waals surface area contributed by atoms with Crippen molar-refractivity contribution < 1.29 is 27.8 Å². The van der Waals surface area contributed by atoms with E-state index < -0.39 is 18.0 Å². The van der Waals surface area contributed by atoms with Crippen LogP contribution in [0.3, 0.4) is 0 Å². The average Bonchev–Trinajstić information content (AvgIpc) is 2.37. The van der Waals surface area contributed by atoms with Crippen LogP contribution in [0.2, 0.25) is 0 Å². The van der Waals surface area contributed by atoms with Gasteiger partial charge in [0.05, 0.1) is 5.60 Å². The molecule has 0 heterocycles. The first-order valence-electron chi connectivity index (χ1n) is 6.24. The molecule has 0 saturated heterocycles. The Labute approximate surface area is 120 Å². The molecular weight excluding hydrogens is 289 g/mol. The Bertz CT molecular complexity index is 473. The van der Waals surface area contributed by atoms with Crippen LogP contribution in [0.4, 0.5) is 23.7 Å². The maximum atomic E-state index is 12.0. The lowest BCUT2D eigenvalue weighted by Crippen LogP contribution is -2.41. The highest BCUT2D eigenvalue weighted by atomic mass is 19.4. The van der Waals surface area contributed by atoms with Crippen LogP contribution in [0.15, 0.2) is 24.3 Å². The maximum absolute atomic E-state index is 12.0. The van der Waals surface area contributed by atoms with Gasteiger partial charge in [-0.05, 0) is 37.6 Å². The third-order valence-corrected chi connectivity index (χ3v) is 2.74. The van der Waals surface area contributed by atoms with E-state index in [1.54, 1.807) is 13.8 Å². The van der Waals surface area contributed by atoms with E-state index in [1.807, 2.05) is 0 Å². The van der Waals surface area contributed by atoms with E-state index in [2.05, 4.69) is 15.4 Å². The molecule has 21 heavy (non-hydrogen) atoms. The molecule has 0 aliphatic carbocycles. The van der Waals surface area contributed by atoms with Crippen LogP contribution >= 0.6 is 0 Å². The zero-order chi connectivity index (χ0) is 16.1. The van der Waals surface area contributed by atoms with Gasteiger partial charge in [-0.25, -0.2) is 4.79 Å². The quantitative estimate of drug-likeness (QED) is 0.783. The summed E-state index contributed by atoms with van der Waals surface area (Å²) in [5.74, 6) is -0.373. The van der Waals surface area contributed by atoms with E-state index in [0.717, 1.165) is 12.1 Å². The first-order chi connectivity index (χ1) is 9.61. The van der Waals surface area contributed by atoms with Gasteiger partial charge in [-0.3, -0.25) is 0 Å². The highest BCUT2D eigenvalue weighted by Crippen LogP contribution is 2.23. The molecule has 0 fully saturated rings. The summed E-state index contributed by atoms with van der Waals surface area (Å²) in [6, 6.07) is 4.17. The van der Waals surface area contributed by atoms with Gasteiger partial charge in [0, 0.05) is 12.2 Å². The lowest BCUT2D eigenvalue weighted by molar-refractivity contribution is -0.274. The average molecular weight is 306 g/mol. The summed E-state index contributed by atoms with van der Waals surface area (Å²) in [5, 5.41) is 14.6. The summed E-state index contributed by atoms with van der Waals surface area (Å²) in [5.41, 5.74) is -0.708. The Morgan fingerprint density at radius 1 is 1.29 bits per heavy atom. The summed E-state index contributed by atoms with van der Waals surface area (Å²) in [6.07, 6.45) is -4.28. The number of alkyl halides is 3. The predicted molar refractivity (Wildman–Crippen MR) is 71.1 cm³/mol. The molecule has 0 saturated carbocycles. The van der Waals surface area contributed by atoms with Crippen molar-refractivity contribution in [1.82, 2.24) is 5.32 Å². The Morgan fingerprint density at radius 2 is 1.86 bits per heavy atom. The molecule has 2 amide bonds. The summed E-state index contributed by atoms with van der Waals surface area (Å²) in [6.45, 7) is 3.42. The first-order valence-corrected chi connectivity index (χ1v) is 6.24. The van der Waals surface area contributed by atoms with E-state index in [9.17, 15) is 23.1 Å². The van der Waals surface area contributed by atoms with Gasteiger partial charge in [-0.2, -0.15) is 0 Å². The topological polar surface area (TPSA) is 70.6 Å². The highest BCUT2D eigenvalue weighted by molar-refractivity contribution is 5.89. The van der Waals surface area contributed by atoms with Gasteiger partial charge in [-0.1, -0.05) is 6.92 Å². The smallest absolute Gasteiger partial charge is 0.406 e. The molecule has 5 nitrogen and oxygen atoms in total. The van der Waals surface area contributed by atoms with Crippen molar-refractivity contribution in [3.05, 3.63) is 24.3 Å². The lowest BCUT2D eigenvalue weighted by Gasteiger charge is -2.21. The molecule has 118 valence electrons. The van der Waals surface area contributed by atoms with Gasteiger partial charge in [0.1, 0.15) is 5.75 Å². The second kappa shape index (κ2) is 6.66. The SMILES string of the molecule is CCC(C)(O)CNC(=O)Nc1ccc(OC(F)(F)F)cc1. The predicted octanol–water partition coefficient (Wildman–Crippen LogP) is 2.87. The molecule has 0 spiro atoms. The first kappa shape index (κ1) is 17.1. The van der Waals surface area contributed by atoms with Gasteiger partial charge < -0.3 is 20.5 Å². The molecule has 0 aliphatic rings. The van der Waals surface area contributed by atoms with Crippen molar-refractivity contribution in [2.75, 3.05) is 11.9 Å². The Hall–Kier alpha value is -1.96. The minimum atomic E-state index is -4.75. The Kier molecular flexibility index (Phi) is 5.42. The van der Waals surface area contributed by atoms with Crippen LogP contribution in [0, 0.1) is 0 Å². The molecule has 1 atom stereocenters. The molecule has 0 aliphatic heterocycles. The van der Waals surface area contributed by atoms with Crippen molar-refractivity contribution in [3.8, 4) is 5.75 Å². The number of ether oxygens (including phenoxy) is 1. The zero-order valence-electron chi connectivity index (χ0n) is 11.6. The fourth-order valence-corrected chi connectivity index (χ4v) is 1.31. The Morgan fingerprint density at radius 3 is 2.33 bits per heavy atom. The van der Waals surface area contributed by atoms with E-state index in [1.165, 1.54) is 12.1 Å². The normalized spacial score (nSPS) is 14.2. The van der Waals surface area contributed by atoms with Crippen LogP contribution in [0.25, 0.3) is 0 Å². The number of amides is 2. The van der Waals surface area contributed by atoms with E-state index in [4.69, 9.17) is 0 Å². The zero-order valence-corrected chi connectivity index (χ0v) is 11.6. The van der Waals surface area contributed by atoms with Crippen LogP contribution in [0.1, 0.15) is 20.3 Å². The van der Waals surface area contributed by atoms with Crippen molar-refractivity contribution in [2.24, 2.45) is 0 Å². The molecular formula is C13H17F3N2O3. The summed E-state index contributed by atoms with van der Waals surface area (Å²) < 4.78 is 39.6. The third-order valence-electron chi connectivity index (χ3n) is 2.74. The van der Waals surface area contributed by atoms with Crippen LogP contribution in [0.5, 0.6) is 5.75 Å². The van der Waals surface area contributed by atoms with Crippen molar-refractivity contribution in [3.63, 3.8) is 0 Å². The van der Waals surface area contributed by atoms with Gasteiger partial charge in [0.15, 0.2) is 0 Å². The lowest BCUT2D eigenvalue weighted by atomic mass is 10.0. The van der Waals surface area contributed by atoms with Crippen LogP contribution in [-0.2, 0) is 0 Å². The monoisotopic (exact) mass is 306 g/mol. The number of benzene rings is 1. The largest absolute Gasteiger partial charge is 0.573 e. The number of carbonyl (C=O) groups is 1. The molecule has 1 aromatic rings. The van der Waals surface area contributed by atoms with Crippen molar-refractivity contribution >= 4 is 11.7 Å². The molecule has 1 aromatic carbocycles. The number of anilines is 1.